The Balaban J connectivity index is 1.70. The quantitative estimate of drug-likeness (QED) is 0.274. The van der Waals surface area contributed by atoms with Crippen LogP contribution in [0.4, 0.5) is 17.1 Å². The maximum Gasteiger partial charge on any atom is 0.0797 e. The van der Waals surface area contributed by atoms with Gasteiger partial charge in [0.15, 0.2) is 0 Å². The molecule has 4 aromatic carbocycles. The molecule has 0 amide bonds. The van der Waals surface area contributed by atoms with E-state index >= 15 is 0 Å². The van der Waals surface area contributed by atoms with E-state index in [2.05, 4.69) is 123 Å². The summed E-state index contributed by atoms with van der Waals surface area (Å²) in [6, 6.07) is 34.4. The van der Waals surface area contributed by atoms with Gasteiger partial charge in [0.1, 0.15) is 0 Å². The molecule has 1 aliphatic heterocycles. The zero-order chi connectivity index (χ0) is 20.1. The second kappa shape index (κ2) is 7.08. The minimum atomic E-state index is 1.08. The summed E-state index contributed by atoms with van der Waals surface area (Å²) in [5.41, 5.74) is 7.04. The normalized spacial score (nSPS) is 12.6. The summed E-state index contributed by atoms with van der Waals surface area (Å²) in [5.74, 6) is 0. The van der Waals surface area contributed by atoms with Crippen molar-refractivity contribution >= 4 is 55.7 Å². The number of aromatic nitrogens is 1. The number of hydrogen-bond acceptors (Lipinski definition) is 2. The van der Waals surface area contributed by atoms with E-state index in [4.69, 9.17) is 0 Å². The lowest BCUT2D eigenvalue weighted by Crippen LogP contribution is -2.15. The summed E-state index contributed by atoms with van der Waals surface area (Å²) in [6.45, 7) is 0. The molecule has 1 aliphatic rings. The van der Waals surface area contributed by atoms with E-state index in [1.54, 1.807) is 0 Å². The van der Waals surface area contributed by atoms with Gasteiger partial charge in [-0.05, 0) is 42.5 Å². The van der Waals surface area contributed by atoms with Crippen LogP contribution in [0.3, 0.4) is 0 Å². The third-order valence-electron chi connectivity index (χ3n) is 5.47. The van der Waals surface area contributed by atoms with Crippen molar-refractivity contribution in [2.45, 2.75) is 9.79 Å². The summed E-state index contributed by atoms with van der Waals surface area (Å²) in [6.07, 6.45) is 0. The zero-order valence-corrected chi connectivity index (χ0v) is 18.4. The number of rotatable bonds is 2. The minimum Gasteiger partial charge on any atom is -0.353 e. The number of benzene rings is 4. The fourth-order valence-electron chi connectivity index (χ4n) is 4.13. The van der Waals surface area contributed by atoms with Crippen LogP contribution >= 0.6 is 27.7 Å². The molecule has 0 atom stereocenters. The Morgan fingerprint density at radius 1 is 0.667 bits per heavy atom. The van der Waals surface area contributed by atoms with Crippen molar-refractivity contribution in [1.82, 2.24) is 4.98 Å². The first-order chi connectivity index (χ1) is 14.8. The standard InChI is InChI=1S/C26H17BrN2S/c27-18-15-13-17(14-16-18)25-26(19-7-1-2-8-20(19)28-25)29-21-9-3-5-11-23(21)30-24-12-6-4-10-22(24)29/h1-16,28H. The van der Waals surface area contributed by atoms with Gasteiger partial charge in [-0.3, -0.25) is 0 Å². The van der Waals surface area contributed by atoms with Gasteiger partial charge in [0.2, 0.25) is 0 Å². The maximum absolute atomic E-state index is 3.70. The van der Waals surface area contributed by atoms with Gasteiger partial charge in [-0.15, -0.1) is 0 Å². The van der Waals surface area contributed by atoms with Crippen molar-refractivity contribution in [1.29, 1.82) is 0 Å². The Morgan fingerprint density at radius 2 is 1.27 bits per heavy atom. The van der Waals surface area contributed by atoms with Crippen molar-refractivity contribution in [2.24, 2.45) is 0 Å². The van der Waals surface area contributed by atoms with Crippen molar-refractivity contribution in [3.63, 3.8) is 0 Å². The first kappa shape index (κ1) is 17.9. The van der Waals surface area contributed by atoms with Gasteiger partial charge in [-0.2, -0.15) is 0 Å². The van der Waals surface area contributed by atoms with Crippen LogP contribution in [0, 0.1) is 0 Å². The number of fused-ring (bicyclic) bond motifs is 3. The molecule has 0 radical (unpaired) electrons. The molecule has 1 aromatic heterocycles. The number of H-pyrrole nitrogens is 1. The lowest BCUT2D eigenvalue weighted by atomic mass is 10.1. The third-order valence-corrected chi connectivity index (χ3v) is 7.13. The molecule has 6 rings (SSSR count). The number of halogens is 1. The molecule has 0 unspecified atom stereocenters. The first-order valence-electron chi connectivity index (χ1n) is 9.82. The number of nitrogens with zero attached hydrogens (tertiary/aromatic N) is 1. The summed E-state index contributed by atoms with van der Waals surface area (Å²) < 4.78 is 1.08. The Hall–Kier alpha value is -2.95. The molecular formula is C26H17BrN2S. The average molecular weight is 469 g/mol. The molecule has 144 valence electrons. The Bertz CT molecular complexity index is 1340. The summed E-state index contributed by atoms with van der Waals surface area (Å²) >= 11 is 5.40. The van der Waals surface area contributed by atoms with Crippen LogP contribution in [0.5, 0.6) is 0 Å². The number of anilines is 3. The smallest absolute Gasteiger partial charge is 0.0797 e. The van der Waals surface area contributed by atoms with Crippen LogP contribution in [-0.2, 0) is 0 Å². The highest BCUT2D eigenvalue weighted by molar-refractivity contribution is 9.10. The van der Waals surface area contributed by atoms with Gasteiger partial charge in [-0.1, -0.05) is 82.3 Å². The molecule has 5 aromatic rings. The lowest BCUT2D eigenvalue weighted by Gasteiger charge is -2.33. The zero-order valence-electron chi connectivity index (χ0n) is 16.0. The molecular weight excluding hydrogens is 452 g/mol. The summed E-state index contributed by atoms with van der Waals surface area (Å²) in [4.78, 5) is 8.64. The molecule has 0 saturated carbocycles. The van der Waals surface area contributed by atoms with E-state index in [0.717, 1.165) is 21.2 Å². The van der Waals surface area contributed by atoms with Crippen LogP contribution in [0.2, 0.25) is 0 Å². The van der Waals surface area contributed by atoms with Gasteiger partial charge in [0, 0.05) is 30.7 Å². The predicted octanol–water partition coefficient (Wildman–Crippen LogP) is 8.53. The minimum absolute atomic E-state index is 1.08. The van der Waals surface area contributed by atoms with E-state index in [9.17, 15) is 0 Å². The predicted molar refractivity (Wildman–Crippen MR) is 130 cm³/mol. The highest BCUT2D eigenvalue weighted by Gasteiger charge is 2.28. The van der Waals surface area contributed by atoms with Crippen molar-refractivity contribution in [3.05, 3.63) is 102 Å². The van der Waals surface area contributed by atoms with E-state index in [0.29, 0.717) is 0 Å². The average Bonchev–Trinajstić information content (AvgIpc) is 3.17. The Kier molecular flexibility index (Phi) is 4.22. The van der Waals surface area contributed by atoms with Gasteiger partial charge in [0.05, 0.1) is 22.8 Å². The van der Waals surface area contributed by atoms with Crippen LogP contribution < -0.4 is 4.90 Å². The molecule has 0 aliphatic carbocycles. The third kappa shape index (κ3) is 2.79. The fourth-order valence-corrected chi connectivity index (χ4v) is 5.45. The number of nitrogens with one attached hydrogen (secondary N) is 1. The van der Waals surface area contributed by atoms with Crippen molar-refractivity contribution in [3.8, 4) is 11.3 Å². The van der Waals surface area contributed by atoms with E-state index in [1.807, 2.05) is 11.8 Å². The second-order valence-electron chi connectivity index (χ2n) is 7.27. The fraction of sp³-hybridized carbons (Fsp3) is 0. The van der Waals surface area contributed by atoms with Crippen molar-refractivity contribution < 1.29 is 0 Å². The molecule has 0 saturated heterocycles. The number of para-hydroxylation sites is 3. The molecule has 1 N–H and O–H groups in total. The molecule has 30 heavy (non-hydrogen) atoms. The van der Waals surface area contributed by atoms with Gasteiger partial charge in [0.25, 0.3) is 0 Å². The van der Waals surface area contributed by atoms with Crippen LogP contribution in [0.15, 0.2) is 111 Å². The SMILES string of the molecule is Brc1ccc(-c2[nH]c3ccccc3c2N2c3ccccc3Sc3ccccc32)cc1. The topological polar surface area (TPSA) is 19.0 Å². The second-order valence-corrected chi connectivity index (χ2v) is 9.27. The van der Waals surface area contributed by atoms with Crippen LogP contribution in [0.1, 0.15) is 0 Å². The molecule has 0 spiro atoms. The molecule has 0 bridgehead atoms. The Morgan fingerprint density at radius 3 is 1.97 bits per heavy atom. The largest absolute Gasteiger partial charge is 0.353 e. The summed E-state index contributed by atoms with van der Waals surface area (Å²) in [7, 11) is 0. The van der Waals surface area contributed by atoms with E-state index in [1.165, 1.54) is 32.2 Å². The first-order valence-corrected chi connectivity index (χ1v) is 11.4. The lowest BCUT2D eigenvalue weighted by molar-refractivity contribution is 1.17. The van der Waals surface area contributed by atoms with Crippen molar-refractivity contribution in [2.75, 3.05) is 4.90 Å². The van der Waals surface area contributed by atoms with E-state index < -0.39 is 0 Å². The summed E-state index contributed by atoms with van der Waals surface area (Å²) in [5, 5.41) is 1.21. The van der Waals surface area contributed by atoms with Gasteiger partial charge >= 0.3 is 0 Å². The van der Waals surface area contributed by atoms with Gasteiger partial charge < -0.3 is 9.88 Å². The number of aromatic amines is 1. The molecule has 4 heteroatoms. The van der Waals surface area contributed by atoms with Gasteiger partial charge in [-0.25, -0.2) is 0 Å². The maximum atomic E-state index is 3.70. The number of hydrogen-bond donors (Lipinski definition) is 1. The monoisotopic (exact) mass is 468 g/mol. The molecule has 2 heterocycles. The van der Waals surface area contributed by atoms with E-state index in [-0.39, 0.29) is 0 Å². The van der Waals surface area contributed by atoms with Crippen LogP contribution in [0.25, 0.3) is 22.2 Å². The highest BCUT2D eigenvalue weighted by Crippen LogP contribution is 2.54. The Labute approximate surface area is 187 Å². The molecule has 2 nitrogen and oxygen atoms in total. The highest BCUT2D eigenvalue weighted by atomic mass is 79.9. The molecule has 0 fully saturated rings. The van der Waals surface area contributed by atoms with Crippen LogP contribution in [-0.4, -0.2) is 4.98 Å².